The summed E-state index contributed by atoms with van der Waals surface area (Å²) in [6.45, 7) is 10.8. The predicted octanol–water partition coefficient (Wildman–Crippen LogP) is 2.79. The first-order valence-corrected chi connectivity index (χ1v) is 9.61. The SMILES string of the molecule is C=CCNC(=S)Nc1nc(N2CCCC2)cc(N2CCCC(C)C2)n1. The first-order valence-electron chi connectivity index (χ1n) is 9.20. The third kappa shape index (κ3) is 4.81. The minimum atomic E-state index is 0.524. The highest BCUT2D eigenvalue weighted by Gasteiger charge is 2.21. The van der Waals surface area contributed by atoms with Crippen molar-refractivity contribution in [2.75, 3.05) is 47.8 Å². The summed E-state index contributed by atoms with van der Waals surface area (Å²) >= 11 is 5.32. The van der Waals surface area contributed by atoms with Crippen molar-refractivity contribution in [2.24, 2.45) is 5.92 Å². The van der Waals surface area contributed by atoms with Crippen LogP contribution in [0, 0.1) is 5.92 Å². The van der Waals surface area contributed by atoms with Gasteiger partial charge in [0.2, 0.25) is 5.95 Å². The van der Waals surface area contributed by atoms with Crippen molar-refractivity contribution in [1.29, 1.82) is 0 Å². The van der Waals surface area contributed by atoms with Gasteiger partial charge in [-0.15, -0.1) is 6.58 Å². The maximum Gasteiger partial charge on any atom is 0.232 e. The topological polar surface area (TPSA) is 56.3 Å². The summed E-state index contributed by atoms with van der Waals surface area (Å²) in [5.74, 6) is 3.26. The standard InChI is InChI=1S/C18H28N6S/c1-3-8-19-18(25)22-17-20-15(23-9-4-5-10-23)12-16(21-17)24-11-6-7-14(2)13-24/h3,12,14H,1,4-11,13H2,2H3,(H2,19,20,21,22,25). The van der Waals surface area contributed by atoms with E-state index in [0.717, 1.165) is 37.8 Å². The van der Waals surface area contributed by atoms with Crippen LogP contribution >= 0.6 is 12.2 Å². The molecule has 1 aromatic rings. The van der Waals surface area contributed by atoms with Gasteiger partial charge in [-0.05, 0) is 43.8 Å². The summed E-state index contributed by atoms with van der Waals surface area (Å²) in [4.78, 5) is 14.1. The van der Waals surface area contributed by atoms with Gasteiger partial charge in [-0.2, -0.15) is 9.97 Å². The van der Waals surface area contributed by atoms with Crippen LogP contribution < -0.4 is 20.4 Å². The van der Waals surface area contributed by atoms with E-state index < -0.39 is 0 Å². The van der Waals surface area contributed by atoms with Gasteiger partial charge in [0, 0.05) is 38.8 Å². The Balaban J connectivity index is 1.82. The summed E-state index contributed by atoms with van der Waals surface area (Å²) in [5.41, 5.74) is 0. The Morgan fingerprint density at radius 2 is 1.92 bits per heavy atom. The molecular weight excluding hydrogens is 332 g/mol. The molecule has 0 saturated carbocycles. The van der Waals surface area contributed by atoms with Crippen LogP contribution in [0.2, 0.25) is 0 Å². The molecule has 1 aromatic heterocycles. The Morgan fingerprint density at radius 1 is 1.24 bits per heavy atom. The third-order valence-electron chi connectivity index (χ3n) is 4.74. The Hall–Kier alpha value is -1.89. The molecule has 136 valence electrons. The normalized spacial score (nSPS) is 20.4. The lowest BCUT2D eigenvalue weighted by molar-refractivity contribution is 0.444. The molecule has 2 saturated heterocycles. The van der Waals surface area contributed by atoms with E-state index in [-0.39, 0.29) is 0 Å². The van der Waals surface area contributed by atoms with Crippen LogP contribution in [0.1, 0.15) is 32.6 Å². The van der Waals surface area contributed by atoms with E-state index in [1.807, 2.05) is 0 Å². The Bertz CT molecular complexity index is 614. The zero-order valence-corrected chi connectivity index (χ0v) is 15.8. The van der Waals surface area contributed by atoms with Crippen molar-refractivity contribution in [3.8, 4) is 0 Å². The van der Waals surface area contributed by atoms with Crippen LogP contribution in [0.25, 0.3) is 0 Å². The molecule has 2 N–H and O–H groups in total. The molecule has 2 aliphatic heterocycles. The summed E-state index contributed by atoms with van der Waals surface area (Å²) in [6, 6.07) is 2.13. The van der Waals surface area contributed by atoms with Gasteiger partial charge in [-0.25, -0.2) is 0 Å². The van der Waals surface area contributed by atoms with Crippen LogP contribution in [-0.4, -0.2) is 47.8 Å². The maximum absolute atomic E-state index is 5.32. The first kappa shape index (κ1) is 17.9. The number of hydrogen-bond acceptors (Lipinski definition) is 5. The predicted molar refractivity (Wildman–Crippen MR) is 109 cm³/mol. The monoisotopic (exact) mass is 360 g/mol. The van der Waals surface area contributed by atoms with Crippen molar-refractivity contribution < 1.29 is 0 Å². The zero-order valence-electron chi connectivity index (χ0n) is 15.0. The Morgan fingerprint density at radius 3 is 2.60 bits per heavy atom. The van der Waals surface area contributed by atoms with E-state index in [9.17, 15) is 0 Å². The highest BCUT2D eigenvalue weighted by molar-refractivity contribution is 7.80. The quantitative estimate of drug-likeness (QED) is 0.618. The second-order valence-electron chi connectivity index (χ2n) is 6.92. The fourth-order valence-electron chi connectivity index (χ4n) is 3.46. The summed E-state index contributed by atoms with van der Waals surface area (Å²) in [5, 5.41) is 6.72. The lowest BCUT2D eigenvalue weighted by Gasteiger charge is -2.32. The number of rotatable bonds is 5. The van der Waals surface area contributed by atoms with Crippen molar-refractivity contribution >= 4 is 34.9 Å². The van der Waals surface area contributed by atoms with Crippen molar-refractivity contribution in [1.82, 2.24) is 15.3 Å². The maximum atomic E-state index is 5.32. The van der Waals surface area contributed by atoms with Crippen LogP contribution in [-0.2, 0) is 0 Å². The molecule has 1 atom stereocenters. The van der Waals surface area contributed by atoms with Crippen molar-refractivity contribution in [3.05, 3.63) is 18.7 Å². The molecule has 0 bridgehead atoms. The van der Waals surface area contributed by atoms with Gasteiger partial charge in [-0.3, -0.25) is 0 Å². The van der Waals surface area contributed by atoms with Gasteiger partial charge >= 0.3 is 0 Å². The van der Waals surface area contributed by atoms with E-state index in [2.05, 4.69) is 40.0 Å². The van der Waals surface area contributed by atoms with Gasteiger partial charge in [0.05, 0.1) is 0 Å². The molecule has 2 aliphatic rings. The van der Waals surface area contributed by atoms with Gasteiger partial charge in [0.25, 0.3) is 0 Å². The molecule has 3 heterocycles. The highest BCUT2D eigenvalue weighted by Crippen LogP contribution is 2.27. The molecule has 0 radical (unpaired) electrons. The average molecular weight is 361 g/mol. The Kier molecular flexibility index (Phi) is 6.07. The molecular formula is C18H28N6S. The third-order valence-corrected chi connectivity index (χ3v) is 4.99. The fourth-order valence-corrected chi connectivity index (χ4v) is 3.63. The van der Waals surface area contributed by atoms with Crippen molar-refractivity contribution in [3.63, 3.8) is 0 Å². The molecule has 0 aliphatic carbocycles. The molecule has 3 rings (SSSR count). The number of anilines is 3. The lowest BCUT2D eigenvalue weighted by Crippen LogP contribution is -2.35. The van der Waals surface area contributed by atoms with E-state index in [1.54, 1.807) is 6.08 Å². The van der Waals surface area contributed by atoms with E-state index in [4.69, 9.17) is 22.2 Å². The zero-order chi connectivity index (χ0) is 17.6. The number of piperidine rings is 1. The minimum Gasteiger partial charge on any atom is -0.359 e. The highest BCUT2D eigenvalue weighted by atomic mass is 32.1. The molecule has 25 heavy (non-hydrogen) atoms. The lowest BCUT2D eigenvalue weighted by atomic mass is 10.0. The molecule has 0 aromatic carbocycles. The number of thiocarbonyl (C=S) groups is 1. The summed E-state index contributed by atoms with van der Waals surface area (Å²) in [7, 11) is 0. The summed E-state index contributed by atoms with van der Waals surface area (Å²) in [6.07, 6.45) is 6.73. The average Bonchev–Trinajstić information content (AvgIpc) is 3.14. The van der Waals surface area contributed by atoms with E-state index in [0.29, 0.717) is 23.5 Å². The fraction of sp³-hybridized carbons (Fsp3) is 0.611. The number of nitrogens with one attached hydrogen (secondary N) is 2. The Labute approximate surface area is 155 Å². The first-order chi connectivity index (χ1) is 12.2. The molecule has 6 nitrogen and oxygen atoms in total. The second-order valence-corrected chi connectivity index (χ2v) is 7.33. The van der Waals surface area contributed by atoms with E-state index in [1.165, 1.54) is 25.7 Å². The molecule has 7 heteroatoms. The number of aromatic nitrogens is 2. The smallest absolute Gasteiger partial charge is 0.232 e. The summed E-state index contributed by atoms with van der Waals surface area (Å²) < 4.78 is 0. The van der Waals surface area contributed by atoms with Gasteiger partial charge in [-0.1, -0.05) is 13.0 Å². The number of hydrogen-bond donors (Lipinski definition) is 2. The van der Waals surface area contributed by atoms with Crippen LogP contribution in [0.15, 0.2) is 18.7 Å². The molecule has 0 amide bonds. The van der Waals surface area contributed by atoms with Gasteiger partial charge < -0.3 is 20.4 Å². The largest absolute Gasteiger partial charge is 0.359 e. The van der Waals surface area contributed by atoms with Gasteiger partial charge in [0.1, 0.15) is 11.6 Å². The number of nitrogens with zero attached hydrogens (tertiary/aromatic N) is 4. The van der Waals surface area contributed by atoms with E-state index >= 15 is 0 Å². The van der Waals surface area contributed by atoms with Crippen LogP contribution in [0.3, 0.4) is 0 Å². The van der Waals surface area contributed by atoms with Gasteiger partial charge in [0.15, 0.2) is 5.11 Å². The minimum absolute atomic E-state index is 0.524. The van der Waals surface area contributed by atoms with Crippen LogP contribution in [0.4, 0.5) is 17.6 Å². The van der Waals surface area contributed by atoms with Crippen molar-refractivity contribution in [2.45, 2.75) is 32.6 Å². The molecule has 0 spiro atoms. The molecule has 1 unspecified atom stereocenters. The van der Waals surface area contributed by atoms with Crippen LogP contribution in [0.5, 0.6) is 0 Å². The second kappa shape index (κ2) is 8.47. The molecule has 2 fully saturated rings.